The molecular weight excluding hydrogens is 821 g/mol. The molecule has 0 radical (unpaired) electrons. The smallest absolute Gasteiger partial charge is 0.419 e. The Morgan fingerprint density at radius 3 is 2.45 bits per heavy atom. The second-order valence-electron chi connectivity index (χ2n) is 16.3. The molecule has 0 spiro atoms. The van der Waals surface area contributed by atoms with Gasteiger partial charge in [-0.25, -0.2) is 4.98 Å². The zero-order valence-electron chi connectivity index (χ0n) is 33.3. The summed E-state index contributed by atoms with van der Waals surface area (Å²) in [7, 11) is 0. The van der Waals surface area contributed by atoms with E-state index in [0.29, 0.717) is 53.2 Å². The number of piperidine rings is 2. The molecule has 1 aromatic heterocycles. The summed E-state index contributed by atoms with van der Waals surface area (Å²) >= 11 is 11.1. The van der Waals surface area contributed by atoms with Crippen LogP contribution in [-0.2, 0) is 31.8 Å². The van der Waals surface area contributed by atoms with Gasteiger partial charge in [-0.3, -0.25) is 34.3 Å². The van der Waals surface area contributed by atoms with E-state index < -0.39 is 46.3 Å². The molecule has 4 aliphatic rings. The number of aryl methyl sites for hydroxylation is 1. The third kappa shape index (κ3) is 8.87. The fourth-order valence-electron chi connectivity index (χ4n) is 9.00. The van der Waals surface area contributed by atoms with E-state index in [2.05, 4.69) is 25.8 Å². The van der Waals surface area contributed by atoms with Crippen molar-refractivity contribution in [2.45, 2.75) is 107 Å². The number of nitriles is 1. The van der Waals surface area contributed by atoms with Crippen molar-refractivity contribution in [3.63, 3.8) is 0 Å². The number of carbonyl (C=O) groups is 4. The fraction of sp³-hybridized carbons (Fsp3) is 0.476. The number of rotatable bonds is 12. The summed E-state index contributed by atoms with van der Waals surface area (Å²) in [6, 6.07) is 12.8. The van der Waals surface area contributed by atoms with Crippen molar-refractivity contribution < 1.29 is 37.1 Å². The molecule has 4 fully saturated rings. The van der Waals surface area contributed by atoms with Crippen LogP contribution in [0.5, 0.6) is 5.75 Å². The lowest BCUT2D eigenvalue weighted by Crippen LogP contribution is -2.47. The number of pyridine rings is 1. The van der Waals surface area contributed by atoms with E-state index in [-0.39, 0.29) is 42.6 Å². The monoisotopic (exact) mass is 866 g/mol. The molecule has 0 aliphatic carbocycles. The highest BCUT2D eigenvalue weighted by Crippen LogP contribution is 2.44. The van der Waals surface area contributed by atoms with Gasteiger partial charge in [0.15, 0.2) is 11.2 Å². The predicted octanol–water partition coefficient (Wildman–Crippen LogP) is 6.90. The maximum atomic E-state index is 13.8. The van der Waals surface area contributed by atoms with Gasteiger partial charge in [-0.2, -0.15) is 18.4 Å². The van der Waals surface area contributed by atoms with Crippen LogP contribution in [-0.4, -0.2) is 75.8 Å². The fourth-order valence-corrected chi connectivity index (χ4v) is 9.89. The van der Waals surface area contributed by atoms with Crippen LogP contribution >= 0.6 is 24.2 Å². The van der Waals surface area contributed by atoms with Crippen LogP contribution in [0.1, 0.15) is 82.5 Å². The lowest BCUT2D eigenvalue weighted by molar-refractivity contribution is -0.138. The summed E-state index contributed by atoms with van der Waals surface area (Å²) in [4.78, 5) is 59.7. The van der Waals surface area contributed by atoms with Gasteiger partial charge in [0.05, 0.1) is 30.6 Å². The van der Waals surface area contributed by atoms with Gasteiger partial charge < -0.3 is 20.3 Å². The van der Waals surface area contributed by atoms with E-state index >= 15 is 0 Å². The summed E-state index contributed by atoms with van der Waals surface area (Å²) < 4.78 is 47.7. The number of anilines is 4. The van der Waals surface area contributed by atoms with Gasteiger partial charge in [0.2, 0.25) is 17.7 Å². The van der Waals surface area contributed by atoms with Gasteiger partial charge in [0.25, 0.3) is 5.91 Å². The summed E-state index contributed by atoms with van der Waals surface area (Å²) in [5.74, 6) is -0.206. The van der Waals surface area contributed by atoms with Crippen molar-refractivity contribution in [2.75, 3.05) is 33.6 Å². The Bertz CT molecular complexity index is 2220. The van der Waals surface area contributed by atoms with E-state index in [4.69, 9.17) is 29.0 Å². The SMILES string of the molecule is CCc1cc(N2C(S)N(c3cnc(C#N)c(C(F)(F)F)c3)C(=O)C2(C)C)ccc1OCC[C@@H]1C[C@H]2CC[C@@H](C1)N2CC(=O)Nc1cc(Cl)cc(NC2CCC(=O)NC2=O)c1. The van der Waals surface area contributed by atoms with Gasteiger partial charge in [0, 0.05) is 40.6 Å². The highest BCUT2D eigenvalue weighted by Gasteiger charge is 2.52. The number of ether oxygens (including phenoxy) is 1. The molecule has 2 aromatic carbocycles. The second kappa shape index (κ2) is 17.1. The molecule has 2 bridgehead atoms. The summed E-state index contributed by atoms with van der Waals surface area (Å²) in [6.45, 7) is 6.09. The average Bonchev–Trinajstić information content (AvgIpc) is 3.51. The molecule has 2 unspecified atom stereocenters. The van der Waals surface area contributed by atoms with E-state index in [1.54, 1.807) is 36.9 Å². The topological polar surface area (TPSA) is 160 Å². The number of amides is 4. The molecule has 4 aliphatic heterocycles. The molecular formula is C42H46ClF3N8O5S. The zero-order valence-corrected chi connectivity index (χ0v) is 35.0. The Morgan fingerprint density at radius 2 is 1.78 bits per heavy atom. The van der Waals surface area contributed by atoms with E-state index in [0.717, 1.165) is 54.8 Å². The minimum absolute atomic E-state index is 0.116. The zero-order chi connectivity index (χ0) is 43.1. The number of alkyl halides is 3. The van der Waals surface area contributed by atoms with Crippen LogP contribution in [0.3, 0.4) is 0 Å². The molecule has 0 saturated carbocycles. The molecule has 60 heavy (non-hydrogen) atoms. The van der Waals surface area contributed by atoms with Crippen molar-refractivity contribution in [1.82, 2.24) is 15.2 Å². The van der Waals surface area contributed by atoms with Gasteiger partial charge >= 0.3 is 6.18 Å². The molecule has 5 atom stereocenters. The number of nitrogens with one attached hydrogen (secondary N) is 3. The number of carbonyl (C=O) groups excluding carboxylic acids is 4. The Balaban J connectivity index is 0.936. The molecule has 5 heterocycles. The lowest BCUT2D eigenvalue weighted by atomic mass is 9.88. The van der Waals surface area contributed by atoms with Crippen LogP contribution < -0.4 is 30.5 Å². The lowest BCUT2D eigenvalue weighted by Gasteiger charge is -2.38. The molecule has 4 saturated heterocycles. The number of benzene rings is 2. The van der Waals surface area contributed by atoms with Crippen molar-refractivity contribution >= 4 is 70.6 Å². The number of thiol groups is 1. The minimum Gasteiger partial charge on any atom is -0.493 e. The first-order chi connectivity index (χ1) is 28.5. The summed E-state index contributed by atoms with van der Waals surface area (Å²) in [5, 5.41) is 18.0. The first-order valence-electron chi connectivity index (χ1n) is 20.0. The van der Waals surface area contributed by atoms with Gasteiger partial charge in [-0.1, -0.05) is 18.5 Å². The van der Waals surface area contributed by atoms with E-state index in [1.165, 1.54) is 6.07 Å². The molecule has 3 aromatic rings. The van der Waals surface area contributed by atoms with Crippen LogP contribution in [0.2, 0.25) is 5.02 Å². The van der Waals surface area contributed by atoms with Gasteiger partial charge in [-0.15, -0.1) is 12.6 Å². The van der Waals surface area contributed by atoms with Crippen molar-refractivity contribution in [2.24, 2.45) is 5.92 Å². The molecule has 13 nitrogen and oxygen atoms in total. The Hall–Kier alpha value is -5.05. The number of nitrogens with zero attached hydrogens (tertiary/aromatic N) is 5. The number of fused-ring (bicyclic) bond motifs is 2. The minimum atomic E-state index is -4.84. The van der Waals surface area contributed by atoms with Crippen LogP contribution in [0, 0.1) is 17.2 Å². The van der Waals surface area contributed by atoms with Crippen molar-refractivity contribution in [3.8, 4) is 11.8 Å². The Kier molecular flexibility index (Phi) is 12.3. The maximum Gasteiger partial charge on any atom is 0.419 e. The first kappa shape index (κ1) is 43.1. The molecule has 4 amide bonds. The summed E-state index contributed by atoms with van der Waals surface area (Å²) in [5.41, 5.74) is -1.65. The quantitative estimate of drug-likeness (QED) is 0.111. The third-order valence-electron chi connectivity index (χ3n) is 11.9. The number of imide groups is 1. The van der Waals surface area contributed by atoms with E-state index in [1.807, 2.05) is 25.1 Å². The standard InChI is InChI=1S/C42H46ClF3N8O5S/c1-4-24-15-30(54-40(60)53(39(58)41(54,2)3)31-19-32(42(44,45)46)34(20-47)48-21-31)7-9-35(24)59-12-11-23-13-28-5-6-29(14-23)52(28)22-37(56)50-27-17-25(43)16-26(18-27)49-33-8-10-36(55)51-38(33)57/h7,9,15-19,21,23,28-29,33,40,49,60H,4-6,8,10-14,22H2,1-3H3,(H,50,56)(H,51,55,57)/t23-,28-,29+,33?,40?. The van der Waals surface area contributed by atoms with E-state index in [9.17, 15) is 37.6 Å². The van der Waals surface area contributed by atoms with Crippen LogP contribution in [0.4, 0.5) is 35.9 Å². The molecule has 18 heteroatoms. The number of halogens is 4. The van der Waals surface area contributed by atoms with Crippen molar-refractivity contribution in [1.29, 1.82) is 5.26 Å². The predicted molar refractivity (Wildman–Crippen MR) is 223 cm³/mol. The van der Waals surface area contributed by atoms with Crippen molar-refractivity contribution in [3.05, 3.63) is 70.5 Å². The molecule has 318 valence electrons. The third-order valence-corrected chi connectivity index (χ3v) is 12.6. The van der Waals surface area contributed by atoms with Gasteiger partial charge in [0.1, 0.15) is 23.4 Å². The maximum absolute atomic E-state index is 13.8. The van der Waals surface area contributed by atoms with Crippen LogP contribution in [0.15, 0.2) is 48.7 Å². The molecule has 7 rings (SSSR count). The number of hydrogen-bond acceptors (Lipinski definition) is 11. The number of aromatic nitrogens is 1. The van der Waals surface area contributed by atoms with Gasteiger partial charge in [-0.05, 0) is 113 Å². The second-order valence-corrected chi connectivity index (χ2v) is 17.2. The highest BCUT2D eigenvalue weighted by atomic mass is 35.5. The van der Waals surface area contributed by atoms with Crippen LogP contribution in [0.25, 0.3) is 0 Å². The first-order valence-corrected chi connectivity index (χ1v) is 20.9. The summed E-state index contributed by atoms with van der Waals surface area (Å²) in [6.07, 6.45) is 2.22. The Labute approximate surface area is 356 Å². The average molecular weight is 867 g/mol. The largest absolute Gasteiger partial charge is 0.493 e. The number of hydrogen-bond donors (Lipinski definition) is 4. The normalized spacial score (nSPS) is 24.0. The highest BCUT2D eigenvalue weighted by molar-refractivity contribution is 7.81. The Morgan fingerprint density at radius 1 is 1.07 bits per heavy atom. The molecule has 3 N–H and O–H groups in total.